The molecule has 0 fully saturated rings. The largest absolute Gasteiger partial charge is 0.393 e. The van der Waals surface area contributed by atoms with Crippen LogP contribution in [-0.4, -0.2) is 22.7 Å². The zero-order valence-electron chi connectivity index (χ0n) is 9.82. The normalized spacial score (nSPS) is 21.5. The molecule has 0 aliphatic heterocycles. The SMILES string of the molecule is CC(O)CCNC1CCCc2cccnc21. The first-order valence-electron chi connectivity index (χ1n) is 6.12. The Kier molecular flexibility index (Phi) is 3.91. The molecular formula is C13H20N2O. The zero-order chi connectivity index (χ0) is 11.4. The molecule has 2 rings (SSSR count). The first kappa shape index (κ1) is 11.6. The number of nitrogens with zero attached hydrogens (tertiary/aromatic N) is 1. The van der Waals surface area contributed by atoms with Crippen molar-refractivity contribution in [3.05, 3.63) is 29.6 Å². The Morgan fingerprint density at radius 1 is 1.62 bits per heavy atom. The minimum absolute atomic E-state index is 0.223. The minimum atomic E-state index is -0.223. The summed E-state index contributed by atoms with van der Waals surface area (Å²) in [7, 11) is 0. The van der Waals surface area contributed by atoms with Gasteiger partial charge in [-0.2, -0.15) is 0 Å². The highest BCUT2D eigenvalue weighted by atomic mass is 16.3. The van der Waals surface area contributed by atoms with E-state index in [1.54, 1.807) is 0 Å². The van der Waals surface area contributed by atoms with E-state index >= 15 is 0 Å². The molecule has 1 aromatic rings. The van der Waals surface area contributed by atoms with Gasteiger partial charge in [-0.3, -0.25) is 4.98 Å². The molecule has 0 spiro atoms. The van der Waals surface area contributed by atoms with Gasteiger partial charge in [0.2, 0.25) is 0 Å². The van der Waals surface area contributed by atoms with Gasteiger partial charge in [0.05, 0.1) is 11.8 Å². The predicted molar refractivity (Wildman–Crippen MR) is 64.2 cm³/mol. The van der Waals surface area contributed by atoms with Gasteiger partial charge in [0.25, 0.3) is 0 Å². The predicted octanol–water partition coefficient (Wildman–Crippen LogP) is 1.82. The summed E-state index contributed by atoms with van der Waals surface area (Å²) < 4.78 is 0. The maximum atomic E-state index is 9.22. The van der Waals surface area contributed by atoms with E-state index in [-0.39, 0.29) is 6.10 Å². The molecule has 0 saturated carbocycles. The van der Waals surface area contributed by atoms with Crippen LogP contribution in [0.2, 0.25) is 0 Å². The minimum Gasteiger partial charge on any atom is -0.393 e. The van der Waals surface area contributed by atoms with Crippen LogP contribution in [0, 0.1) is 0 Å². The fourth-order valence-electron chi connectivity index (χ4n) is 2.27. The van der Waals surface area contributed by atoms with E-state index in [1.165, 1.54) is 17.7 Å². The zero-order valence-corrected chi connectivity index (χ0v) is 9.82. The third kappa shape index (κ3) is 2.80. The molecule has 0 saturated heterocycles. The number of pyridine rings is 1. The van der Waals surface area contributed by atoms with Gasteiger partial charge in [-0.05, 0) is 50.8 Å². The number of aryl methyl sites for hydroxylation is 1. The second-order valence-corrected chi connectivity index (χ2v) is 4.58. The van der Waals surface area contributed by atoms with E-state index in [0.29, 0.717) is 6.04 Å². The van der Waals surface area contributed by atoms with Crippen LogP contribution in [0.4, 0.5) is 0 Å². The quantitative estimate of drug-likeness (QED) is 0.813. The number of hydrogen-bond donors (Lipinski definition) is 2. The van der Waals surface area contributed by atoms with E-state index in [0.717, 1.165) is 25.8 Å². The number of hydrogen-bond acceptors (Lipinski definition) is 3. The van der Waals surface area contributed by atoms with E-state index < -0.39 is 0 Å². The Labute approximate surface area is 96.9 Å². The van der Waals surface area contributed by atoms with Crippen LogP contribution in [0.25, 0.3) is 0 Å². The Morgan fingerprint density at radius 3 is 3.31 bits per heavy atom. The summed E-state index contributed by atoms with van der Waals surface area (Å²) in [4.78, 5) is 4.47. The lowest BCUT2D eigenvalue weighted by Gasteiger charge is -2.25. The van der Waals surface area contributed by atoms with E-state index in [9.17, 15) is 5.11 Å². The van der Waals surface area contributed by atoms with E-state index in [4.69, 9.17) is 0 Å². The maximum absolute atomic E-state index is 9.22. The molecule has 0 bridgehead atoms. The Morgan fingerprint density at radius 2 is 2.50 bits per heavy atom. The molecule has 0 amide bonds. The fraction of sp³-hybridized carbons (Fsp3) is 0.615. The monoisotopic (exact) mass is 220 g/mol. The van der Waals surface area contributed by atoms with Gasteiger partial charge in [0.1, 0.15) is 0 Å². The number of nitrogens with one attached hydrogen (secondary N) is 1. The molecule has 88 valence electrons. The highest BCUT2D eigenvalue weighted by Gasteiger charge is 2.20. The standard InChI is InChI=1S/C13H20N2O/c1-10(16)7-9-14-12-6-2-4-11-5-3-8-15-13(11)12/h3,5,8,10,12,14,16H,2,4,6-7,9H2,1H3. The van der Waals surface area contributed by atoms with Crippen LogP contribution in [-0.2, 0) is 6.42 Å². The van der Waals surface area contributed by atoms with Crippen molar-refractivity contribution in [1.29, 1.82) is 0 Å². The smallest absolute Gasteiger partial charge is 0.0605 e. The highest BCUT2D eigenvalue weighted by molar-refractivity contribution is 5.25. The summed E-state index contributed by atoms with van der Waals surface area (Å²) >= 11 is 0. The molecule has 3 nitrogen and oxygen atoms in total. The van der Waals surface area contributed by atoms with Gasteiger partial charge >= 0.3 is 0 Å². The van der Waals surface area contributed by atoms with Crippen molar-refractivity contribution in [3.63, 3.8) is 0 Å². The maximum Gasteiger partial charge on any atom is 0.0605 e. The Balaban J connectivity index is 1.96. The average molecular weight is 220 g/mol. The molecule has 1 aromatic heterocycles. The molecule has 1 aliphatic carbocycles. The van der Waals surface area contributed by atoms with Crippen molar-refractivity contribution in [1.82, 2.24) is 10.3 Å². The molecule has 0 aromatic carbocycles. The molecule has 1 heterocycles. The molecule has 3 heteroatoms. The van der Waals surface area contributed by atoms with Crippen molar-refractivity contribution in [2.45, 2.75) is 44.8 Å². The number of aromatic nitrogens is 1. The van der Waals surface area contributed by atoms with Gasteiger partial charge < -0.3 is 10.4 Å². The van der Waals surface area contributed by atoms with Crippen molar-refractivity contribution >= 4 is 0 Å². The average Bonchev–Trinajstić information content (AvgIpc) is 2.29. The highest BCUT2D eigenvalue weighted by Crippen LogP contribution is 2.27. The number of aliphatic hydroxyl groups is 1. The van der Waals surface area contributed by atoms with Gasteiger partial charge in [-0.15, -0.1) is 0 Å². The summed E-state index contributed by atoms with van der Waals surface area (Å²) in [5, 5.41) is 12.7. The van der Waals surface area contributed by atoms with Crippen LogP contribution < -0.4 is 5.32 Å². The van der Waals surface area contributed by atoms with Crippen molar-refractivity contribution < 1.29 is 5.11 Å². The van der Waals surface area contributed by atoms with Crippen LogP contribution in [0.15, 0.2) is 18.3 Å². The molecule has 0 radical (unpaired) electrons. The van der Waals surface area contributed by atoms with Gasteiger partial charge in [-0.25, -0.2) is 0 Å². The first-order valence-corrected chi connectivity index (χ1v) is 6.12. The van der Waals surface area contributed by atoms with Gasteiger partial charge in [0.15, 0.2) is 0 Å². The van der Waals surface area contributed by atoms with Crippen LogP contribution in [0.5, 0.6) is 0 Å². The number of fused-ring (bicyclic) bond motifs is 1. The molecule has 2 N–H and O–H groups in total. The lowest BCUT2D eigenvalue weighted by atomic mass is 9.92. The Bertz CT molecular complexity index is 338. The summed E-state index contributed by atoms with van der Waals surface area (Å²) in [5.74, 6) is 0. The van der Waals surface area contributed by atoms with Gasteiger partial charge in [-0.1, -0.05) is 6.07 Å². The second kappa shape index (κ2) is 5.41. The number of aliphatic hydroxyl groups excluding tert-OH is 1. The molecule has 2 unspecified atom stereocenters. The van der Waals surface area contributed by atoms with Crippen molar-refractivity contribution in [2.24, 2.45) is 0 Å². The van der Waals surface area contributed by atoms with Crippen LogP contribution >= 0.6 is 0 Å². The Hall–Kier alpha value is -0.930. The first-order chi connectivity index (χ1) is 7.77. The second-order valence-electron chi connectivity index (χ2n) is 4.58. The lowest BCUT2D eigenvalue weighted by Crippen LogP contribution is -2.28. The summed E-state index contributed by atoms with van der Waals surface area (Å²) in [5.41, 5.74) is 2.59. The molecule has 2 atom stereocenters. The third-order valence-corrected chi connectivity index (χ3v) is 3.15. The fourth-order valence-corrected chi connectivity index (χ4v) is 2.27. The summed E-state index contributed by atoms with van der Waals surface area (Å²) in [6, 6.07) is 4.56. The van der Waals surface area contributed by atoms with Crippen LogP contribution in [0.1, 0.15) is 43.5 Å². The lowest BCUT2D eigenvalue weighted by molar-refractivity contribution is 0.181. The van der Waals surface area contributed by atoms with Crippen molar-refractivity contribution in [3.8, 4) is 0 Å². The molecule has 1 aliphatic rings. The number of rotatable bonds is 4. The van der Waals surface area contributed by atoms with Gasteiger partial charge in [0, 0.05) is 12.2 Å². The summed E-state index contributed by atoms with van der Waals surface area (Å²) in [6.45, 7) is 2.69. The third-order valence-electron chi connectivity index (χ3n) is 3.15. The topological polar surface area (TPSA) is 45.1 Å². The van der Waals surface area contributed by atoms with E-state index in [2.05, 4.69) is 16.4 Å². The summed E-state index contributed by atoms with van der Waals surface area (Å²) in [6.07, 6.45) is 5.98. The van der Waals surface area contributed by atoms with E-state index in [1.807, 2.05) is 19.2 Å². The van der Waals surface area contributed by atoms with Crippen LogP contribution in [0.3, 0.4) is 0 Å². The van der Waals surface area contributed by atoms with Crippen molar-refractivity contribution in [2.75, 3.05) is 6.54 Å². The molecular weight excluding hydrogens is 200 g/mol. The molecule has 16 heavy (non-hydrogen) atoms.